The number of oxazole rings is 1. The maximum Gasteiger partial charge on any atom is 0.299 e. The molecule has 0 unspecified atom stereocenters. The van der Waals surface area contributed by atoms with Crippen LogP contribution in [0.15, 0.2) is 70.1 Å². The van der Waals surface area contributed by atoms with Crippen molar-refractivity contribution in [1.82, 2.24) is 9.97 Å². The summed E-state index contributed by atoms with van der Waals surface area (Å²) < 4.78 is 11.4. The second kappa shape index (κ2) is 7.67. The summed E-state index contributed by atoms with van der Waals surface area (Å²) >= 11 is 0. The van der Waals surface area contributed by atoms with E-state index >= 15 is 0 Å². The first-order chi connectivity index (χ1) is 14.0. The molecule has 0 amide bonds. The van der Waals surface area contributed by atoms with Crippen molar-refractivity contribution >= 4 is 11.7 Å². The molecule has 2 aromatic carbocycles. The second-order valence-corrected chi connectivity index (χ2v) is 6.78. The van der Waals surface area contributed by atoms with Crippen LogP contribution in [0.1, 0.15) is 11.1 Å². The van der Waals surface area contributed by atoms with Crippen LogP contribution in [-0.4, -0.2) is 17.1 Å². The molecule has 0 aliphatic carbocycles. The standard InChI is InChI=1S/C23H21N3O3/c1-14-6-4-5-7-19(14)26-23-25-13-20(29-23)16-10-17(12-18(11-16)28-3)21-15(2)8-9-24-22(21)27/h4-13H,1-3H3,(H,24,27)(H,25,26). The smallest absolute Gasteiger partial charge is 0.299 e. The normalized spacial score (nSPS) is 10.7. The number of anilines is 2. The molecule has 4 aromatic rings. The molecule has 2 heterocycles. The molecule has 6 heteroatoms. The van der Waals surface area contributed by atoms with Gasteiger partial charge in [0.25, 0.3) is 11.6 Å². The lowest BCUT2D eigenvalue weighted by molar-refractivity contribution is 0.415. The minimum absolute atomic E-state index is 0.149. The lowest BCUT2D eigenvalue weighted by Crippen LogP contribution is -2.09. The van der Waals surface area contributed by atoms with Crippen molar-refractivity contribution in [2.45, 2.75) is 13.8 Å². The van der Waals surface area contributed by atoms with Gasteiger partial charge >= 0.3 is 0 Å². The Hall–Kier alpha value is -3.80. The summed E-state index contributed by atoms with van der Waals surface area (Å²) in [5.74, 6) is 1.20. The molecule has 0 saturated heterocycles. The predicted octanol–water partition coefficient (Wildman–Crippen LogP) is 5.07. The van der Waals surface area contributed by atoms with E-state index in [4.69, 9.17) is 9.15 Å². The highest BCUT2D eigenvalue weighted by molar-refractivity contribution is 5.74. The Labute approximate surface area is 168 Å². The quantitative estimate of drug-likeness (QED) is 0.500. The lowest BCUT2D eigenvalue weighted by Gasteiger charge is -2.09. The van der Waals surface area contributed by atoms with Gasteiger partial charge in [-0.2, -0.15) is 0 Å². The fourth-order valence-electron chi connectivity index (χ4n) is 3.23. The van der Waals surface area contributed by atoms with Gasteiger partial charge in [-0.3, -0.25) is 4.79 Å². The third-order valence-corrected chi connectivity index (χ3v) is 4.78. The van der Waals surface area contributed by atoms with Gasteiger partial charge < -0.3 is 19.5 Å². The first-order valence-electron chi connectivity index (χ1n) is 9.22. The zero-order valence-electron chi connectivity index (χ0n) is 16.4. The highest BCUT2D eigenvalue weighted by Gasteiger charge is 2.14. The molecule has 0 radical (unpaired) electrons. The molecule has 0 atom stereocenters. The van der Waals surface area contributed by atoms with Crippen LogP contribution in [0, 0.1) is 13.8 Å². The van der Waals surface area contributed by atoms with E-state index in [1.165, 1.54) is 0 Å². The number of hydrogen-bond acceptors (Lipinski definition) is 5. The zero-order chi connectivity index (χ0) is 20.4. The van der Waals surface area contributed by atoms with E-state index in [9.17, 15) is 4.79 Å². The van der Waals surface area contributed by atoms with Gasteiger partial charge in [0, 0.05) is 17.4 Å². The van der Waals surface area contributed by atoms with Crippen molar-refractivity contribution in [3.63, 3.8) is 0 Å². The molecule has 29 heavy (non-hydrogen) atoms. The number of aromatic nitrogens is 2. The van der Waals surface area contributed by atoms with E-state index in [1.54, 1.807) is 19.5 Å². The molecule has 2 aromatic heterocycles. The molecular weight excluding hydrogens is 366 g/mol. The highest BCUT2D eigenvalue weighted by atomic mass is 16.5. The van der Waals surface area contributed by atoms with Crippen LogP contribution >= 0.6 is 0 Å². The van der Waals surface area contributed by atoms with E-state index in [2.05, 4.69) is 15.3 Å². The minimum Gasteiger partial charge on any atom is -0.497 e. The molecular formula is C23H21N3O3. The minimum atomic E-state index is -0.149. The van der Waals surface area contributed by atoms with Gasteiger partial charge in [-0.05, 0) is 60.9 Å². The van der Waals surface area contributed by atoms with Crippen LogP contribution in [0.2, 0.25) is 0 Å². The second-order valence-electron chi connectivity index (χ2n) is 6.78. The third kappa shape index (κ3) is 3.78. The van der Waals surface area contributed by atoms with E-state index in [-0.39, 0.29) is 5.56 Å². The molecule has 146 valence electrons. The Kier molecular flexibility index (Phi) is 4.91. The zero-order valence-corrected chi connectivity index (χ0v) is 16.4. The fourth-order valence-corrected chi connectivity index (χ4v) is 3.23. The van der Waals surface area contributed by atoms with Gasteiger partial charge in [0.1, 0.15) is 5.75 Å². The fraction of sp³-hybridized carbons (Fsp3) is 0.130. The van der Waals surface area contributed by atoms with E-state index < -0.39 is 0 Å². The van der Waals surface area contributed by atoms with Crippen LogP contribution in [0.25, 0.3) is 22.5 Å². The molecule has 0 bridgehead atoms. The number of rotatable bonds is 5. The van der Waals surface area contributed by atoms with Crippen LogP contribution in [0.5, 0.6) is 5.75 Å². The maximum atomic E-state index is 12.4. The molecule has 0 spiro atoms. The maximum absolute atomic E-state index is 12.4. The van der Waals surface area contributed by atoms with Crippen LogP contribution in [-0.2, 0) is 0 Å². The first-order valence-corrected chi connectivity index (χ1v) is 9.22. The summed E-state index contributed by atoms with van der Waals surface area (Å²) in [7, 11) is 1.59. The number of methoxy groups -OCH3 is 1. The van der Waals surface area contributed by atoms with Crippen LogP contribution < -0.4 is 15.6 Å². The van der Waals surface area contributed by atoms with Gasteiger partial charge in [-0.15, -0.1) is 0 Å². The van der Waals surface area contributed by atoms with E-state index in [0.29, 0.717) is 23.1 Å². The Balaban J connectivity index is 1.73. The number of nitrogens with one attached hydrogen (secondary N) is 2. The van der Waals surface area contributed by atoms with Gasteiger partial charge in [-0.25, -0.2) is 4.98 Å². The van der Waals surface area contributed by atoms with Crippen molar-refractivity contribution in [2.24, 2.45) is 0 Å². The summed E-state index contributed by atoms with van der Waals surface area (Å²) in [5.41, 5.74) is 4.88. The Morgan fingerprint density at radius 3 is 2.59 bits per heavy atom. The number of hydrogen-bond donors (Lipinski definition) is 2. The summed E-state index contributed by atoms with van der Waals surface area (Å²) in [5, 5.41) is 3.19. The van der Waals surface area contributed by atoms with Gasteiger partial charge in [-0.1, -0.05) is 18.2 Å². The Morgan fingerprint density at radius 2 is 1.83 bits per heavy atom. The molecule has 0 aliphatic rings. The van der Waals surface area contributed by atoms with E-state index in [0.717, 1.165) is 27.9 Å². The van der Waals surface area contributed by atoms with Crippen molar-refractivity contribution in [1.29, 1.82) is 0 Å². The number of benzene rings is 2. The largest absolute Gasteiger partial charge is 0.497 e. The number of nitrogens with zero attached hydrogens (tertiary/aromatic N) is 1. The molecule has 0 aliphatic heterocycles. The number of pyridine rings is 1. The number of aromatic amines is 1. The average Bonchev–Trinajstić information content (AvgIpc) is 3.18. The third-order valence-electron chi connectivity index (χ3n) is 4.78. The topological polar surface area (TPSA) is 80.2 Å². The Morgan fingerprint density at radius 1 is 1.03 bits per heavy atom. The van der Waals surface area contributed by atoms with Crippen molar-refractivity contribution in [3.05, 3.63) is 82.4 Å². The first kappa shape index (κ1) is 18.6. The number of H-pyrrole nitrogens is 1. The SMILES string of the molecule is COc1cc(-c2cnc(Nc3ccccc3C)o2)cc(-c2c(C)cc[nH]c2=O)c1. The molecule has 4 rings (SSSR count). The molecule has 6 nitrogen and oxygen atoms in total. The predicted molar refractivity (Wildman–Crippen MR) is 114 cm³/mol. The number of aryl methyl sites for hydroxylation is 2. The molecule has 2 N–H and O–H groups in total. The summed E-state index contributed by atoms with van der Waals surface area (Å²) in [6, 6.07) is 15.8. The van der Waals surface area contributed by atoms with Gasteiger partial charge in [0.05, 0.1) is 18.9 Å². The highest BCUT2D eigenvalue weighted by Crippen LogP contribution is 2.33. The van der Waals surface area contributed by atoms with Crippen LogP contribution in [0.4, 0.5) is 11.7 Å². The van der Waals surface area contributed by atoms with Crippen LogP contribution in [0.3, 0.4) is 0 Å². The summed E-state index contributed by atoms with van der Waals surface area (Å²) in [6.45, 7) is 3.92. The lowest BCUT2D eigenvalue weighted by atomic mass is 9.99. The van der Waals surface area contributed by atoms with Gasteiger partial charge in [0.15, 0.2) is 5.76 Å². The van der Waals surface area contributed by atoms with Crippen molar-refractivity contribution in [3.8, 4) is 28.2 Å². The molecule has 0 fully saturated rings. The number of para-hydroxylation sites is 1. The molecule has 0 saturated carbocycles. The van der Waals surface area contributed by atoms with Crippen molar-refractivity contribution in [2.75, 3.05) is 12.4 Å². The van der Waals surface area contributed by atoms with Gasteiger partial charge in [0.2, 0.25) is 0 Å². The average molecular weight is 387 g/mol. The number of ether oxygens (including phenoxy) is 1. The Bertz CT molecular complexity index is 1220. The van der Waals surface area contributed by atoms with Crippen molar-refractivity contribution < 1.29 is 9.15 Å². The monoisotopic (exact) mass is 387 g/mol. The summed E-state index contributed by atoms with van der Waals surface area (Å²) in [6.07, 6.45) is 3.30. The van der Waals surface area contributed by atoms with E-state index in [1.807, 2.05) is 62.4 Å². The summed E-state index contributed by atoms with van der Waals surface area (Å²) in [4.78, 5) is 19.5.